The number of aliphatic carboxylic acids is 1. The number of piperidine rings is 1. The van der Waals surface area contributed by atoms with Gasteiger partial charge in [-0.25, -0.2) is 0 Å². The molecule has 4 nitrogen and oxygen atoms in total. The molecule has 0 aromatic carbocycles. The zero-order chi connectivity index (χ0) is 16.4. The van der Waals surface area contributed by atoms with Crippen LogP contribution >= 0.6 is 0 Å². The van der Waals surface area contributed by atoms with Gasteiger partial charge in [-0.3, -0.25) is 9.59 Å². The highest BCUT2D eigenvalue weighted by Gasteiger charge is 2.60. The lowest BCUT2D eigenvalue weighted by atomic mass is 9.50. The number of hydrogen-bond acceptors (Lipinski definition) is 3. The number of rotatable bonds is 1. The molecule has 1 saturated heterocycles. The fourth-order valence-electron chi connectivity index (χ4n) is 6.55. The van der Waals surface area contributed by atoms with Gasteiger partial charge in [-0.15, -0.1) is 0 Å². The van der Waals surface area contributed by atoms with Gasteiger partial charge in [0.1, 0.15) is 0 Å². The van der Waals surface area contributed by atoms with Crippen LogP contribution in [0.1, 0.15) is 52.4 Å². The first-order chi connectivity index (χ1) is 10.9. The predicted molar refractivity (Wildman–Crippen MR) is 86.6 cm³/mol. The molecule has 3 aliphatic carbocycles. The number of nitrogens with one attached hydrogen (secondary N) is 1. The van der Waals surface area contributed by atoms with Crippen LogP contribution in [0.25, 0.3) is 0 Å². The molecule has 0 aromatic heterocycles. The Morgan fingerprint density at radius 1 is 1.22 bits per heavy atom. The summed E-state index contributed by atoms with van der Waals surface area (Å²) in [4.78, 5) is 23.5. The van der Waals surface area contributed by atoms with Crippen LogP contribution in [0.2, 0.25) is 0 Å². The third kappa shape index (κ3) is 1.96. The van der Waals surface area contributed by atoms with Gasteiger partial charge in [0, 0.05) is 30.2 Å². The average Bonchev–Trinajstić information content (AvgIpc) is 2.85. The van der Waals surface area contributed by atoms with E-state index in [0.29, 0.717) is 24.2 Å². The Labute approximate surface area is 137 Å². The van der Waals surface area contributed by atoms with E-state index in [1.807, 2.05) is 6.08 Å². The molecule has 6 atom stereocenters. The summed E-state index contributed by atoms with van der Waals surface area (Å²) in [6.07, 6.45) is 7.43. The largest absolute Gasteiger partial charge is 0.481 e. The van der Waals surface area contributed by atoms with Gasteiger partial charge in [0.05, 0.1) is 5.92 Å². The van der Waals surface area contributed by atoms with Gasteiger partial charge >= 0.3 is 5.97 Å². The molecule has 0 aromatic rings. The topological polar surface area (TPSA) is 66.4 Å². The molecule has 0 spiro atoms. The van der Waals surface area contributed by atoms with Crippen LogP contribution in [0.15, 0.2) is 11.8 Å². The van der Waals surface area contributed by atoms with Crippen LogP contribution in [-0.2, 0) is 9.59 Å². The van der Waals surface area contributed by atoms with Crippen molar-refractivity contribution in [1.82, 2.24) is 5.32 Å². The van der Waals surface area contributed by atoms with E-state index in [-0.39, 0.29) is 22.5 Å². The Hall–Kier alpha value is -1.32. The van der Waals surface area contributed by atoms with Crippen LogP contribution in [-0.4, -0.2) is 23.4 Å². The van der Waals surface area contributed by atoms with E-state index in [0.717, 1.165) is 44.3 Å². The maximum atomic E-state index is 11.8. The first-order valence-corrected chi connectivity index (χ1v) is 9.08. The smallest absolute Gasteiger partial charge is 0.307 e. The second-order valence-electron chi connectivity index (χ2n) is 8.71. The van der Waals surface area contributed by atoms with Crippen molar-refractivity contribution in [3.05, 3.63) is 11.8 Å². The Balaban J connectivity index is 1.67. The van der Waals surface area contributed by atoms with E-state index in [9.17, 15) is 14.7 Å². The van der Waals surface area contributed by atoms with Crippen LogP contribution < -0.4 is 5.32 Å². The molecule has 2 N–H and O–H groups in total. The number of carboxylic acid groups (broad SMARTS) is 1. The van der Waals surface area contributed by atoms with Gasteiger partial charge in [-0.1, -0.05) is 13.8 Å². The molecular formula is C19H27NO3. The third-order valence-corrected chi connectivity index (χ3v) is 7.89. The van der Waals surface area contributed by atoms with Crippen molar-refractivity contribution in [1.29, 1.82) is 0 Å². The number of fused-ring (bicyclic) bond motifs is 5. The molecule has 1 aliphatic heterocycles. The van der Waals surface area contributed by atoms with E-state index in [2.05, 4.69) is 19.2 Å². The second-order valence-corrected chi connectivity index (χ2v) is 8.71. The fraction of sp³-hybridized carbons (Fsp3) is 0.789. The minimum Gasteiger partial charge on any atom is -0.481 e. The average molecular weight is 317 g/mol. The standard InChI is InChI=1S/C19H27NO3/c1-18-8-6-14-12(13(18)3-4-15(18)17(22)23)10-20-16-9-11(21)5-7-19(14,16)2/h9,12-15,20H,3-8,10H2,1-2H3,(H,22,23)/t12-,13-,14+,15?,18-,19+/m0/s1. The van der Waals surface area contributed by atoms with Crippen molar-refractivity contribution in [2.24, 2.45) is 34.5 Å². The van der Waals surface area contributed by atoms with Gasteiger partial charge in [0.2, 0.25) is 0 Å². The number of carbonyl (C=O) groups is 2. The van der Waals surface area contributed by atoms with E-state index in [1.165, 1.54) is 0 Å². The zero-order valence-corrected chi connectivity index (χ0v) is 14.1. The number of carboxylic acids is 1. The highest BCUT2D eigenvalue weighted by atomic mass is 16.4. The summed E-state index contributed by atoms with van der Waals surface area (Å²) in [5.74, 6) is 1.11. The first-order valence-electron chi connectivity index (χ1n) is 9.08. The first kappa shape index (κ1) is 15.2. The van der Waals surface area contributed by atoms with Gasteiger partial charge < -0.3 is 10.4 Å². The van der Waals surface area contributed by atoms with Gasteiger partial charge in [-0.05, 0) is 55.3 Å². The Bertz CT molecular complexity index is 597. The summed E-state index contributed by atoms with van der Waals surface area (Å²) in [6.45, 7) is 5.45. The van der Waals surface area contributed by atoms with E-state index in [1.54, 1.807) is 0 Å². The number of ketones is 1. The molecule has 4 heteroatoms. The molecular weight excluding hydrogens is 290 g/mol. The quantitative estimate of drug-likeness (QED) is 0.780. The summed E-state index contributed by atoms with van der Waals surface area (Å²) in [5, 5.41) is 13.2. The maximum absolute atomic E-state index is 11.8. The van der Waals surface area contributed by atoms with Crippen molar-refractivity contribution < 1.29 is 14.7 Å². The molecule has 4 rings (SSSR count). The van der Waals surface area contributed by atoms with Crippen LogP contribution in [0, 0.1) is 34.5 Å². The fourth-order valence-corrected chi connectivity index (χ4v) is 6.55. The zero-order valence-electron chi connectivity index (χ0n) is 14.1. The maximum Gasteiger partial charge on any atom is 0.307 e. The number of allylic oxidation sites excluding steroid dienone is 2. The van der Waals surface area contributed by atoms with Crippen molar-refractivity contribution in [2.45, 2.75) is 52.4 Å². The second kappa shape index (κ2) is 4.84. The molecule has 126 valence electrons. The van der Waals surface area contributed by atoms with Gasteiger partial charge in [0.25, 0.3) is 0 Å². The highest BCUT2D eigenvalue weighted by molar-refractivity contribution is 5.91. The van der Waals surface area contributed by atoms with Crippen molar-refractivity contribution in [3.63, 3.8) is 0 Å². The minimum absolute atomic E-state index is 0.0449. The number of hydrogen-bond donors (Lipinski definition) is 2. The van der Waals surface area contributed by atoms with E-state index in [4.69, 9.17) is 0 Å². The van der Waals surface area contributed by atoms with Crippen LogP contribution in [0.3, 0.4) is 0 Å². The monoisotopic (exact) mass is 317 g/mol. The summed E-state index contributed by atoms with van der Waals surface area (Å²) in [6, 6.07) is 0. The van der Waals surface area contributed by atoms with Crippen molar-refractivity contribution in [2.75, 3.05) is 6.54 Å². The lowest BCUT2D eigenvalue weighted by molar-refractivity contribution is -0.149. The van der Waals surface area contributed by atoms with E-state index < -0.39 is 5.97 Å². The van der Waals surface area contributed by atoms with Gasteiger partial charge in [-0.2, -0.15) is 0 Å². The molecule has 1 heterocycles. The molecule has 23 heavy (non-hydrogen) atoms. The predicted octanol–water partition coefficient (Wildman–Crippen LogP) is 2.99. The van der Waals surface area contributed by atoms with Crippen molar-refractivity contribution in [3.8, 4) is 0 Å². The Morgan fingerprint density at radius 3 is 2.74 bits per heavy atom. The summed E-state index contributed by atoms with van der Waals surface area (Å²) < 4.78 is 0. The van der Waals surface area contributed by atoms with E-state index >= 15 is 0 Å². The highest BCUT2D eigenvalue weighted by Crippen LogP contribution is 2.64. The van der Waals surface area contributed by atoms with Crippen LogP contribution in [0.5, 0.6) is 0 Å². The normalized spacial score (nSPS) is 48.6. The molecule has 0 amide bonds. The SMILES string of the molecule is C[C@]12CCC(=O)C=C1NC[C@@H]1[C@H]2CC[C@]2(C)C(C(=O)O)CC[C@@H]12. The molecule has 3 fully saturated rings. The van der Waals surface area contributed by atoms with Gasteiger partial charge in [0.15, 0.2) is 5.78 Å². The lowest BCUT2D eigenvalue weighted by Crippen LogP contribution is -2.57. The lowest BCUT2D eigenvalue weighted by Gasteiger charge is -2.57. The molecule has 0 radical (unpaired) electrons. The van der Waals surface area contributed by atoms with Crippen LogP contribution in [0.4, 0.5) is 0 Å². The Morgan fingerprint density at radius 2 is 2.00 bits per heavy atom. The third-order valence-electron chi connectivity index (χ3n) is 7.89. The molecule has 0 bridgehead atoms. The molecule has 1 unspecified atom stereocenters. The Kier molecular flexibility index (Phi) is 3.20. The summed E-state index contributed by atoms with van der Waals surface area (Å²) >= 11 is 0. The number of carbonyl (C=O) groups excluding carboxylic acids is 1. The summed E-state index contributed by atoms with van der Waals surface area (Å²) in [7, 11) is 0. The summed E-state index contributed by atoms with van der Waals surface area (Å²) in [5.41, 5.74) is 1.18. The molecule has 2 saturated carbocycles. The minimum atomic E-state index is -0.604. The van der Waals surface area contributed by atoms with Crippen molar-refractivity contribution >= 4 is 11.8 Å². The molecule has 4 aliphatic rings.